The van der Waals surface area contributed by atoms with Crippen LogP contribution in [0.15, 0.2) is 59.0 Å². The number of aromatic nitrogens is 3. The van der Waals surface area contributed by atoms with Crippen LogP contribution in [0.5, 0.6) is 0 Å². The number of furan rings is 1. The average molecular weight is 477 g/mol. The number of aryl methyl sites for hydroxylation is 2. The van der Waals surface area contributed by atoms with E-state index in [0.29, 0.717) is 23.0 Å². The van der Waals surface area contributed by atoms with E-state index < -0.39 is 0 Å². The summed E-state index contributed by atoms with van der Waals surface area (Å²) in [4.78, 5) is 17.4. The van der Waals surface area contributed by atoms with Crippen LogP contribution in [-0.2, 0) is 6.54 Å². The first-order chi connectivity index (χ1) is 15.9. The van der Waals surface area contributed by atoms with Crippen molar-refractivity contribution in [2.75, 3.05) is 5.32 Å². The van der Waals surface area contributed by atoms with Gasteiger partial charge in [0, 0.05) is 11.3 Å². The second-order valence-electron chi connectivity index (χ2n) is 7.93. The zero-order valence-electron chi connectivity index (χ0n) is 18.3. The molecule has 6 nitrogen and oxygen atoms in total. The number of halogens is 1. The van der Waals surface area contributed by atoms with Crippen molar-refractivity contribution in [2.45, 2.75) is 27.3 Å². The summed E-state index contributed by atoms with van der Waals surface area (Å²) in [7, 11) is 0. The van der Waals surface area contributed by atoms with Gasteiger partial charge in [0.1, 0.15) is 10.8 Å². The van der Waals surface area contributed by atoms with Crippen LogP contribution in [0.1, 0.15) is 33.3 Å². The van der Waals surface area contributed by atoms with Gasteiger partial charge in [-0.2, -0.15) is 5.10 Å². The number of hydrogen-bond donors (Lipinski definition) is 1. The zero-order valence-corrected chi connectivity index (χ0v) is 19.9. The number of thiazole rings is 1. The van der Waals surface area contributed by atoms with Gasteiger partial charge in [0.05, 0.1) is 33.2 Å². The lowest BCUT2D eigenvalue weighted by atomic mass is 10.2. The molecule has 33 heavy (non-hydrogen) atoms. The van der Waals surface area contributed by atoms with Crippen molar-refractivity contribution >= 4 is 44.7 Å². The molecule has 5 aromatic rings. The molecule has 0 unspecified atom stereocenters. The summed E-state index contributed by atoms with van der Waals surface area (Å²) in [5, 5.41) is 8.87. The Hall–Kier alpha value is -3.42. The molecule has 0 radical (unpaired) electrons. The van der Waals surface area contributed by atoms with E-state index in [-0.39, 0.29) is 11.7 Å². The number of carbonyl (C=O) groups is 1. The molecule has 1 amide bonds. The molecule has 0 aliphatic rings. The monoisotopic (exact) mass is 476 g/mol. The maximum absolute atomic E-state index is 12.7. The van der Waals surface area contributed by atoms with Gasteiger partial charge in [-0.05, 0) is 74.9 Å². The van der Waals surface area contributed by atoms with E-state index in [4.69, 9.17) is 21.0 Å². The van der Waals surface area contributed by atoms with Crippen LogP contribution in [0.25, 0.3) is 20.8 Å². The van der Waals surface area contributed by atoms with Crippen molar-refractivity contribution in [3.8, 4) is 10.6 Å². The molecule has 0 saturated heterocycles. The number of nitrogens with zero attached hydrogens (tertiary/aromatic N) is 3. The minimum Gasteiger partial charge on any atom is -0.454 e. The predicted molar refractivity (Wildman–Crippen MR) is 132 cm³/mol. The number of hydrogen-bond acceptors (Lipinski definition) is 5. The van der Waals surface area contributed by atoms with Crippen LogP contribution in [0.2, 0.25) is 5.02 Å². The van der Waals surface area contributed by atoms with Crippen molar-refractivity contribution in [3.05, 3.63) is 88.1 Å². The highest BCUT2D eigenvalue weighted by Crippen LogP contribution is 2.31. The van der Waals surface area contributed by atoms with Crippen LogP contribution in [-0.4, -0.2) is 20.7 Å². The molecule has 0 aliphatic carbocycles. The molecule has 3 aromatic heterocycles. The Labute approximate surface area is 199 Å². The highest BCUT2D eigenvalue weighted by molar-refractivity contribution is 7.21. The van der Waals surface area contributed by atoms with Crippen molar-refractivity contribution < 1.29 is 9.21 Å². The second-order valence-corrected chi connectivity index (χ2v) is 9.34. The normalized spacial score (nSPS) is 11.3. The largest absolute Gasteiger partial charge is 0.454 e. The third kappa shape index (κ3) is 4.29. The molecule has 0 spiro atoms. The average Bonchev–Trinajstić information content (AvgIpc) is 3.50. The molecule has 1 N–H and O–H groups in total. The van der Waals surface area contributed by atoms with Crippen molar-refractivity contribution in [1.82, 2.24) is 14.8 Å². The topological polar surface area (TPSA) is 73.0 Å². The Morgan fingerprint density at radius 1 is 1.09 bits per heavy atom. The van der Waals surface area contributed by atoms with Crippen molar-refractivity contribution in [1.29, 1.82) is 0 Å². The first kappa shape index (κ1) is 21.4. The summed E-state index contributed by atoms with van der Waals surface area (Å²) in [6.07, 6.45) is 0. The number of nitrogens with one attached hydrogen (secondary N) is 1. The Kier molecular flexibility index (Phi) is 5.52. The molecule has 3 heterocycles. The molecule has 0 bridgehead atoms. The predicted octanol–water partition coefficient (Wildman–Crippen LogP) is 6.63. The van der Waals surface area contributed by atoms with Crippen LogP contribution >= 0.6 is 22.9 Å². The Morgan fingerprint density at radius 3 is 2.61 bits per heavy atom. The van der Waals surface area contributed by atoms with E-state index in [1.165, 1.54) is 10.3 Å². The SMILES string of the molecule is Cc1ccc2nc(-c3ccc(NC(=O)c4ccc(Cn5nc(C)c(Cl)c5C)o4)cc3)sc2c1. The van der Waals surface area contributed by atoms with Gasteiger partial charge in [0.15, 0.2) is 5.76 Å². The summed E-state index contributed by atoms with van der Waals surface area (Å²) in [5.74, 6) is 0.558. The van der Waals surface area contributed by atoms with Gasteiger partial charge in [0.2, 0.25) is 0 Å². The lowest BCUT2D eigenvalue weighted by Gasteiger charge is -2.04. The van der Waals surface area contributed by atoms with Crippen LogP contribution in [0.3, 0.4) is 0 Å². The number of fused-ring (bicyclic) bond motifs is 1. The highest BCUT2D eigenvalue weighted by Gasteiger charge is 2.15. The maximum atomic E-state index is 12.7. The fraction of sp³-hybridized carbons (Fsp3) is 0.160. The molecule has 0 fully saturated rings. The van der Waals surface area contributed by atoms with E-state index in [1.54, 1.807) is 28.2 Å². The van der Waals surface area contributed by atoms with E-state index >= 15 is 0 Å². The van der Waals surface area contributed by atoms with E-state index in [9.17, 15) is 4.79 Å². The standard InChI is InChI=1S/C25H21ClN4O2S/c1-14-4-10-20-22(12-14)33-25(28-20)17-5-7-18(8-6-17)27-24(31)21-11-9-19(32-21)13-30-16(3)23(26)15(2)29-30/h4-12H,13H2,1-3H3,(H,27,31). The van der Waals surface area contributed by atoms with Gasteiger partial charge in [-0.15, -0.1) is 11.3 Å². The van der Waals surface area contributed by atoms with Gasteiger partial charge in [-0.1, -0.05) is 17.7 Å². The Balaban J connectivity index is 1.27. The van der Waals surface area contributed by atoms with Gasteiger partial charge < -0.3 is 9.73 Å². The fourth-order valence-electron chi connectivity index (χ4n) is 3.61. The third-order valence-electron chi connectivity index (χ3n) is 5.42. The minimum atomic E-state index is -0.309. The number of amides is 1. The molecule has 0 atom stereocenters. The summed E-state index contributed by atoms with van der Waals surface area (Å²) < 4.78 is 8.67. The molecular weight excluding hydrogens is 456 g/mol. The summed E-state index contributed by atoms with van der Waals surface area (Å²) in [6, 6.07) is 17.3. The van der Waals surface area contributed by atoms with E-state index in [1.807, 2.05) is 44.2 Å². The zero-order chi connectivity index (χ0) is 23.1. The van der Waals surface area contributed by atoms with Crippen molar-refractivity contribution in [3.63, 3.8) is 0 Å². The number of benzene rings is 2. The maximum Gasteiger partial charge on any atom is 0.291 e. The van der Waals surface area contributed by atoms with Gasteiger partial charge >= 0.3 is 0 Å². The number of anilines is 1. The van der Waals surface area contributed by atoms with Gasteiger partial charge in [-0.25, -0.2) is 4.98 Å². The second kappa shape index (κ2) is 8.50. The van der Waals surface area contributed by atoms with Crippen LogP contribution in [0.4, 0.5) is 5.69 Å². The molecule has 2 aromatic carbocycles. The van der Waals surface area contributed by atoms with Crippen molar-refractivity contribution in [2.24, 2.45) is 0 Å². The smallest absolute Gasteiger partial charge is 0.291 e. The highest BCUT2D eigenvalue weighted by atomic mass is 35.5. The first-order valence-electron chi connectivity index (χ1n) is 10.4. The Bertz CT molecular complexity index is 1480. The van der Waals surface area contributed by atoms with E-state index in [2.05, 4.69) is 29.5 Å². The molecular formula is C25H21ClN4O2S. The van der Waals surface area contributed by atoms with Gasteiger partial charge in [-0.3, -0.25) is 9.48 Å². The minimum absolute atomic E-state index is 0.239. The van der Waals surface area contributed by atoms with Gasteiger partial charge in [0.25, 0.3) is 5.91 Å². The Morgan fingerprint density at radius 2 is 1.88 bits per heavy atom. The van der Waals surface area contributed by atoms with Crippen LogP contribution < -0.4 is 5.32 Å². The molecule has 166 valence electrons. The lowest BCUT2D eigenvalue weighted by Crippen LogP contribution is -2.10. The van der Waals surface area contributed by atoms with E-state index in [0.717, 1.165) is 27.5 Å². The summed E-state index contributed by atoms with van der Waals surface area (Å²) in [6.45, 7) is 6.24. The first-order valence-corrected chi connectivity index (χ1v) is 11.6. The third-order valence-corrected chi connectivity index (χ3v) is 7.03. The quantitative estimate of drug-likeness (QED) is 0.309. The number of carbonyl (C=O) groups excluding carboxylic acids is 1. The molecule has 5 rings (SSSR count). The fourth-order valence-corrected chi connectivity index (χ4v) is 4.81. The molecule has 8 heteroatoms. The number of rotatable bonds is 5. The summed E-state index contributed by atoms with van der Waals surface area (Å²) in [5.41, 5.74) is 5.53. The lowest BCUT2D eigenvalue weighted by molar-refractivity contribution is 0.0994. The summed E-state index contributed by atoms with van der Waals surface area (Å²) >= 11 is 7.87. The molecule has 0 saturated carbocycles. The molecule has 0 aliphatic heterocycles. The van der Waals surface area contributed by atoms with Crippen LogP contribution in [0, 0.1) is 20.8 Å².